The van der Waals surface area contributed by atoms with Gasteiger partial charge in [-0.1, -0.05) is 12.1 Å². The average molecular weight is 271 g/mol. The molecule has 100 valence electrons. The molecule has 0 radical (unpaired) electrons. The molecule has 0 spiro atoms. The second-order valence-corrected chi connectivity index (χ2v) is 4.16. The number of carbonyl (C=O) groups excluding carboxylic acids is 2. The van der Waals surface area contributed by atoms with Crippen LogP contribution in [0.3, 0.4) is 0 Å². The minimum atomic E-state index is -0.138. The molecule has 18 heavy (non-hydrogen) atoms. The minimum Gasteiger partial charge on any atom is -0.352 e. The summed E-state index contributed by atoms with van der Waals surface area (Å²) in [6.07, 6.45) is 0.747. The van der Waals surface area contributed by atoms with E-state index in [1.54, 1.807) is 24.3 Å². The van der Waals surface area contributed by atoms with Crippen LogP contribution in [0.5, 0.6) is 0 Å². The van der Waals surface area contributed by atoms with E-state index in [-0.39, 0.29) is 30.1 Å². The Morgan fingerprint density at radius 2 is 1.72 bits per heavy atom. The number of nitrogens with two attached hydrogens (primary N) is 1. The van der Waals surface area contributed by atoms with Crippen LogP contribution in [-0.4, -0.2) is 24.3 Å². The maximum absolute atomic E-state index is 11.7. The number of amides is 1. The third-order valence-electron chi connectivity index (χ3n) is 2.44. The summed E-state index contributed by atoms with van der Waals surface area (Å²) in [6.45, 7) is 3.95. The fourth-order valence-corrected chi connectivity index (χ4v) is 1.37. The first-order chi connectivity index (χ1) is 8.00. The van der Waals surface area contributed by atoms with Crippen LogP contribution < -0.4 is 11.1 Å². The SMILES string of the molecule is CC(=O)c1ccc(C(=O)NCCC(C)N)cc1.Cl. The maximum atomic E-state index is 11.7. The normalized spacial score (nSPS) is 11.3. The highest BCUT2D eigenvalue weighted by Crippen LogP contribution is 2.05. The monoisotopic (exact) mass is 270 g/mol. The van der Waals surface area contributed by atoms with Crippen LogP contribution in [0.25, 0.3) is 0 Å². The molecule has 1 aromatic carbocycles. The van der Waals surface area contributed by atoms with E-state index in [1.165, 1.54) is 6.92 Å². The zero-order valence-corrected chi connectivity index (χ0v) is 11.4. The third-order valence-corrected chi connectivity index (χ3v) is 2.44. The molecule has 0 saturated heterocycles. The van der Waals surface area contributed by atoms with Crippen molar-refractivity contribution in [3.8, 4) is 0 Å². The van der Waals surface area contributed by atoms with E-state index in [0.29, 0.717) is 17.7 Å². The highest BCUT2D eigenvalue weighted by Gasteiger charge is 2.06. The predicted molar refractivity (Wildman–Crippen MR) is 74.3 cm³/mol. The van der Waals surface area contributed by atoms with Gasteiger partial charge in [-0.05, 0) is 32.4 Å². The van der Waals surface area contributed by atoms with Gasteiger partial charge < -0.3 is 11.1 Å². The molecule has 1 atom stereocenters. The van der Waals surface area contributed by atoms with Crippen LogP contribution in [0, 0.1) is 0 Å². The zero-order chi connectivity index (χ0) is 12.8. The first kappa shape index (κ1) is 16.6. The number of Topliss-reactive ketones (excluding diaryl/α,β-unsaturated/α-hetero) is 1. The molecule has 1 amide bonds. The number of halogens is 1. The van der Waals surface area contributed by atoms with E-state index < -0.39 is 0 Å². The lowest BCUT2D eigenvalue weighted by Gasteiger charge is -2.07. The molecular weight excluding hydrogens is 252 g/mol. The molecule has 0 aliphatic rings. The lowest BCUT2D eigenvalue weighted by Crippen LogP contribution is -2.28. The van der Waals surface area contributed by atoms with Gasteiger partial charge in [-0.15, -0.1) is 12.4 Å². The molecule has 4 nitrogen and oxygen atoms in total. The number of ketones is 1. The Labute approximate surface area is 113 Å². The van der Waals surface area contributed by atoms with Crippen LogP contribution in [0.2, 0.25) is 0 Å². The lowest BCUT2D eigenvalue weighted by atomic mass is 10.1. The summed E-state index contributed by atoms with van der Waals surface area (Å²) in [6, 6.07) is 6.69. The minimum absolute atomic E-state index is 0. The second-order valence-electron chi connectivity index (χ2n) is 4.16. The lowest BCUT2D eigenvalue weighted by molar-refractivity contribution is 0.0950. The summed E-state index contributed by atoms with van der Waals surface area (Å²) in [5.74, 6) is -0.144. The molecule has 1 rings (SSSR count). The molecule has 0 bridgehead atoms. The quantitative estimate of drug-likeness (QED) is 0.801. The number of hydrogen-bond acceptors (Lipinski definition) is 3. The summed E-state index contributed by atoms with van der Waals surface area (Å²) >= 11 is 0. The average Bonchev–Trinajstić information content (AvgIpc) is 2.28. The fourth-order valence-electron chi connectivity index (χ4n) is 1.37. The van der Waals surface area contributed by atoms with Crippen LogP contribution >= 0.6 is 12.4 Å². The van der Waals surface area contributed by atoms with E-state index in [1.807, 2.05) is 6.92 Å². The van der Waals surface area contributed by atoms with Gasteiger partial charge in [0.1, 0.15) is 0 Å². The molecule has 0 heterocycles. The van der Waals surface area contributed by atoms with Crippen molar-refractivity contribution in [2.75, 3.05) is 6.54 Å². The summed E-state index contributed by atoms with van der Waals surface area (Å²) in [4.78, 5) is 22.7. The molecule has 0 aliphatic heterocycles. The first-order valence-corrected chi connectivity index (χ1v) is 5.65. The van der Waals surface area contributed by atoms with Crippen molar-refractivity contribution in [3.63, 3.8) is 0 Å². The van der Waals surface area contributed by atoms with E-state index in [4.69, 9.17) is 5.73 Å². The van der Waals surface area contributed by atoms with Gasteiger partial charge in [-0.25, -0.2) is 0 Å². The first-order valence-electron chi connectivity index (χ1n) is 5.65. The number of benzene rings is 1. The second kappa shape index (κ2) is 7.84. The summed E-state index contributed by atoms with van der Waals surface area (Å²) < 4.78 is 0. The Morgan fingerprint density at radius 3 is 2.17 bits per heavy atom. The Balaban J connectivity index is 0.00000289. The molecular formula is C13H19ClN2O2. The van der Waals surface area contributed by atoms with Gasteiger partial charge >= 0.3 is 0 Å². The van der Waals surface area contributed by atoms with Gasteiger partial charge in [-0.2, -0.15) is 0 Å². The summed E-state index contributed by atoms with van der Waals surface area (Å²) in [5, 5.41) is 2.78. The van der Waals surface area contributed by atoms with E-state index >= 15 is 0 Å². The van der Waals surface area contributed by atoms with Gasteiger partial charge in [0.25, 0.3) is 5.91 Å². The van der Waals surface area contributed by atoms with Crippen LogP contribution in [0.4, 0.5) is 0 Å². The highest BCUT2D eigenvalue weighted by atomic mass is 35.5. The van der Waals surface area contributed by atoms with Gasteiger partial charge in [0, 0.05) is 23.7 Å². The van der Waals surface area contributed by atoms with Crippen LogP contribution in [0.15, 0.2) is 24.3 Å². The van der Waals surface area contributed by atoms with Gasteiger partial charge in [0.15, 0.2) is 5.78 Å². The van der Waals surface area contributed by atoms with Crippen molar-refractivity contribution in [2.45, 2.75) is 26.3 Å². The maximum Gasteiger partial charge on any atom is 0.251 e. The van der Waals surface area contributed by atoms with Gasteiger partial charge in [0.05, 0.1) is 0 Å². The Bertz CT molecular complexity index is 402. The largest absolute Gasteiger partial charge is 0.352 e. The van der Waals surface area contributed by atoms with Crippen molar-refractivity contribution >= 4 is 24.1 Å². The molecule has 1 unspecified atom stereocenters. The predicted octanol–water partition coefficient (Wildman–Crippen LogP) is 1.78. The standard InChI is InChI=1S/C13H18N2O2.ClH/c1-9(14)7-8-15-13(17)12-5-3-11(4-6-12)10(2)16;/h3-6,9H,7-8,14H2,1-2H3,(H,15,17);1H. The fraction of sp³-hybridized carbons (Fsp3) is 0.385. The molecule has 1 aromatic rings. The van der Waals surface area contributed by atoms with Crippen molar-refractivity contribution in [3.05, 3.63) is 35.4 Å². The third kappa shape index (κ3) is 5.29. The molecule has 5 heteroatoms. The van der Waals surface area contributed by atoms with Gasteiger partial charge in [0.2, 0.25) is 0 Å². The zero-order valence-electron chi connectivity index (χ0n) is 10.6. The summed E-state index contributed by atoms with van der Waals surface area (Å²) in [7, 11) is 0. The van der Waals surface area contributed by atoms with Crippen LogP contribution in [0.1, 0.15) is 41.0 Å². The van der Waals surface area contributed by atoms with Gasteiger partial charge in [-0.3, -0.25) is 9.59 Å². The molecule has 0 saturated carbocycles. The number of carbonyl (C=O) groups is 2. The Kier molecular flexibility index (Phi) is 7.24. The number of rotatable bonds is 5. The number of nitrogens with one attached hydrogen (secondary N) is 1. The van der Waals surface area contributed by atoms with Crippen molar-refractivity contribution in [2.24, 2.45) is 5.73 Å². The topological polar surface area (TPSA) is 72.2 Å². The van der Waals surface area contributed by atoms with E-state index in [2.05, 4.69) is 5.32 Å². The van der Waals surface area contributed by atoms with E-state index in [0.717, 1.165) is 6.42 Å². The molecule has 3 N–H and O–H groups in total. The molecule has 0 fully saturated rings. The van der Waals surface area contributed by atoms with Crippen molar-refractivity contribution in [1.82, 2.24) is 5.32 Å². The highest BCUT2D eigenvalue weighted by molar-refractivity contribution is 5.97. The van der Waals surface area contributed by atoms with Crippen molar-refractivity contribution < 1.29 is 9.59 Å². The smallest absolute Gasteiger partial charge is 0.251 e. The van der Waals surface area contributed by atoms with Crippen molar-refractivity contribution in [1.29, 1.82) is 0 Å². The van der Waals surface area contributed by atoms with E-state index in [9.17, 15) is 9.59 Å². The summed E-state index contributed by atoms with van der Waals surface area (Å²) in [5.41, 5.74) is 6.75. The molecule has 0 aromatic heterocycles. The molecule has 0 aliphatic carbocycles. The number of hydrogen-bond donors (Lipinski definition) is 2. The Morgan fingerprint density at radius 1 is 1.22 bits per heavy atom. The Hall–Kier alpha value is -1.39. The van der Waals surface area contributed by atoms with Crippen LogP contribution in [-0.2, 0) is 0 Å².